The van der Waals surface area contributed by atoms with Gasteiger partial charge in [0, 0.05) is 44.2 Å². The Morgan fingerprint density at radius 2 is 2.08 bits per heavy atom. The van der Waals surface area contributed by atoms with Crippen molar-refractivity contribution in [1.82, 2.24) is 15.5 Å². The zero-order valence-corrected chi connectivity index (χ0v) is 16.1. The minimum Gasteiger partial charge on any atom is -0.508 e. The molecule has 7 nitrogen and oxygen atoms in total. The quantitative estimate of drug-likeness (QED) is 0.548. The Balaban J connectivity index is 1.85. The Morgan fingerprint density at radius 1 is 1.38 bits per heavy atom. The first-order valence-corrected chi connectivity index (χ1v) is 9.06. The van der Waals surface area contributed by atoms with Gasteiger partial charge in [0.25, 0.3) is 0 Å². The van der Waals surface area contributed by atoms with E-state index in [1.165, 1.54) is 0 Å². The number of piperidine rings is 1. The van der Waals surface area contributed by atoms with Crippen LogP contribution in [0.5, 0.6) is 11.5 Å². The van der Waals surface area contributed by atoms with Crippen molar-refractivity contribution in [2.24, 2.45) is 10.9 Å². The topological polar surface area (TPSA) is 86.2 Å². The van der Waals surface area contributed by atoms with Gasteiger partial charge in [-0.3, -0.25) is 9.79 Å². The molecule has 0 bridgehead atoms. The maximum absolute atomic E-state index is 12.1. The number of ether oxygens (including phenoxy) is 1. The fourth-order valence-electron chi connectivity index (χ4n) is 3.01. The lowest BCUT2D eigenvalue weighted by Gasteiger charge is -2.34. The minimum absolute atomic E-state index is 0.0458. The molecule has 7 heteroatoms. The highest BCUT2D eigenvalue weighted by molar-refractivity contribution is 5.80. The number of aliphatic imine (C=N–C) groups is 1. The second-order valence-electron chi connectivity index (χ2n) is 6.82. The van der Waals surface area contributed by atoms with Crippen molar-refractivity contribution in [2.45, 2.75) is 39.3 Å². The van der Waals surface area contributed by atoms with E-state index in [1.807, 2.05) is 18.7 Å². The van der Waals surface area contributed by atoms with Gasteiger partial charge in [-0.25, -0.2) is 0 Å². The number of nitrogens with zero attached hydrogens (tertiary/aromatic N) is 2. The molecule has 0 spiro atoms. The second kappa shape index (κ2) is 9.31. The molecule has 0 aliphatic carbocycles. The lowest BCUT2D eigenvalue weighted by Crippen LogP contribution is -2.50. The average Bonchev–Trinajstić information content (AvgIpc) is 2.66. The molecule has 1 aromatic rings. The molecule has 1 aliphatic rings. The predicted molar refractivity (Wildman–Crippen MR) is 102 cm³/mol. The third kappa shape index (κ3) is 5.28. The number of amides is 1. The maximum atomic E-state index is 12.1. The van der Waals surface area contributed by atoms with Crippen molar-refractivity contribution >= 4 is 11.9 Å². The van der Waals surface area contributed by atoms with Gasteiger partial charge in [0.15, 0.2) is 5.96 Å². The zero-order chi connectivity index (χ0) is 19.1. The Kier molecular flexibility index (Phi) is 7.12. The molecule has 1 saturated heterocycles. The van der Waals surface area contributed by atoms with Crippen LogP contribution in [0.3, 0.4) is 0 Å². The number of methoxy groups -OCH3 is 1. The lowest BCUT2D eigenvalue weighted by molar-refractivity contribution is -0.135. The van der Waals surface area contributed by atoms with Crippen molar-refractivity contribution in [3.63, 3.8) is 0 Å². The molecule has 0 aromatic heterocycles. The standard InChI is InChI=1S/C19H30N4O3/c1-13(2)18(25)23-9-7-15(8-10-23)22-19(20-3)21-12-14-11-16(26-4)5-6-17(14)24/h5-6,11,13,15,24H,7-10,12H2,1-4H3,(H2,20,21,22). The molecule has 1 aliphatic heterocycles. The summed E-state index contributed by atoms with van der Waals surface area (Å²) in [5, 5.41) is 16.6. The van der Waals surface area contributed by atoms with Crippen molar-refractivity contribution < 1.29 is 14.6 Å². The molecule has 1 aromatic carbocycles. The van der Waals surface area contributed by atoms with Gasteiger partial charge in [0.1, 0.15) is 11.5 Å². The highest BCUT2D eigenvalue weighted by atomic mass is 16.5. The van der Waals surface area contributed by atoms with Crippen LogP contribution < -0.4 is 15.4 Å². The van der Waals surface area contributed by atoms with Crippen molar-refractivity contribution in [3.8, 4) is 11.5 Å². The van der Waals surface area contributed by atoms with Gasteiger partial charge in [-0.2, -0.15) is 0 Å². The molecular weight excluding hydrogens is 332 g/mol. The number of carbonyl (C=O) groups is 1. The maximum Gasteiger partial charge on any atom is 0.225 e. The molecule has 0 saturated carbocycles. The van der Waals surface area contributed by atoms with Crippen molar-refractivity contribution in [1.29, 1.82) is 0 Å². The molecule has 1 fully saturated rings. The number of nitrogens with one attached hydrogen (secondary N) is 2. The van der Waals surface area contributed by atoms with E-state index < -0.39 is 0 Å². The third-order valence-corrected chi connectivity index (χ3v) is 4.60. The Morgan fingerprint density at radius 3 is 2.65 bits per heavy atom. The molecule has 1 amide bonds. The van der Waals surface area contributed by atoms with E-state index in [0.29, 0.717) is 18.3 Å². The van der Waals surface area contributed by atoms with Gasteiger partial charge < -0.3 is 25.4 Å². The molecule has 0 unspecified atom stereocenters. The summed E-state index contributed by atoms with van der Waals surface area (Å²) in [5.41, 5.74) is 0.740. The van der Waals surface area contributed by atoms with Crippen LogP contribution in [-0.2, 0) is 11.3 Å². The van der Waals surface area contributed by atoms with Crippen LogP contribution in [0.25, 0.3) is 0 Å². The summed E-state index contributed by atoms with van der Waals surface area (Å²) in [7, 11) is 3.32. The highest BCUT2D eigenvalue weighted by Gasteiger charge is 2.24. The van der Waals surface area contributed by atoms with Crippen LogP contribution in [0.15, 0.2) is 23.2 Å². The summed E-state index contributed by atoms with van der Waals surface area (Å²) in [5.74, 6) is 1.86. The van der Waals surface area contributed by atoms with Gasteiger partial charge in [-0.1, -0.05) is 13.8 Å². The van der Waals surface area contributed by atoms with E-state index in [-0.39, 0.29) is 23.6 Å². The van der Waals surface area contributed by atoms with Crippen LogP contribution in [0, 0.1) is 5.92 Å². The summed E-state index contributed by atoms with van der Waals surface area (Å²) in [4.78, 5) is 18.3. The van der Waals surface area contributed by atoms with Gasteiger partial charge in [0.2, 0.25) is 5.91 Å². The smallest absolute Gasteiger partial charge is 0.225 e. The van der Waals surface area contributed by atoms with E-state index in [0.717, 1.165) is 31.5 Å². The first-order valence-electron chi connectivity index (χ1n) is 9.06. The lowest BCUT2D eigenvalue weighted by atomic mass is 10.0. The largest absolute Gasteiger partial charge is 0.508 e. The fourth-order valence-corrected chi connectivity index (χ4v) is 3.01. The number of hydrogen-bond donors (Lipinski definition) is 3. The van der Waals surface area contributed by atoms with E-state index in [1.54, 1.807) is 32.4 Å². The number of guanidine groups is 1. The zero-order valence-electron chi connectivity index (χ0n) is 16.1. The van der Waals surface area contributed by atoms with Crippen LogP contribution in [0.1, 0.15) is 32.3 Å². The first-order chi connectivity index (χ1) is 12.4. The number of aromatic hydroxyl groups is 1. The van der Waals surface area contributed by atoms with Crippen molar-refractivity contribution in [2.75, 3.05) is 27.2 Å². The third-order valence-electron chi connectivity index (χ3n) is 4.60. The van der Waals surface area contributed by atoms with Gasteiger partial charge in [-0.15, -0.1) is 0 Å². The number of rotatable bonds is 5. The molecule has 3 N–H and O–H groups in total. The Hall–Kier alpha value is -2.44. The number of likely N-dealkylation sites (tertiary alicyclic amines) is 1. The van der Waals surface area contributed by atoms with Crippen LogP contribution in [0.2, 0.25) is 0 Å². The number of phenolic OH excluding ortho intramolecular Hbond substituents is 1. The molecule has 0 radical (unpaired) electrons. The SMILES string of the molecule is CN=C(NCc1cc(OC)ccc1O)NC1CCN(C(=O)C(C)C)CC1. The van der Waals surface area contributed by atoms with Gasteiger partial charge in [-0.05, 0) is 31.0 Å². The summed E-state index contributed by atoms with van der Waals surface area (Å²) in [6.07, 6.45) is 1.78. The first kappa shape index (κ1) is 19.9. The molecular formula is C19H30N4O3. The van der Waals surface area contributed by atoms with Gasteiger partial charge in [0.05, 0.1) is 7.11 Å². The summed E-state index contributed by atoms with van der Waals surface area (Å²) < 4.78 is 5.19. The van der Waals surface area contributed by atoms with Crippen LogP contribution in [0.4, 0.5) is 0 Å². The molecule has 144 valence electrons. The molecule has 2 rings (SSSR count). The summed E-state index contributed by atoms with van der Waals surface area (Å²) >= 11 is 0. The van der Waals surface area contributed by atoms with E-state index >= 15 is 0 Å². The van der Waals surface area contributed by atoms with E-state index in [2.05, 4.69) is 15.6 Å². The van der Waals surface area contributed by atoms with Crippen molar-refractivity contribution in [3.05, 3.63) is 23.8 Å². The highest BCUT2D eigenvalue weighted by Crippen LogP contribution is 2.22. The van der Waals surface area contributed by atoms with E-state index in [4.69, 9.17) is 4.74 Å². The number of phenols is 1. The second-order valence-corrected chi connectivity index (χ2v) is 6.82. The normalized spacial score (nSPS) is 15.9. The van der Waals surface area contributed by atoms with Crippen LogP contribution in [-0.4, -0.2) is 55.2 Å². The summed E-state index contributed by atoms with van der Waals surface area (Å²) in [6, 6.07) is 5.41. The fraction of sp³-hybridized carbons (Fsp3) is 0.579. The molecule has 0 atom stereocenters. The van der Waals surface area contributed by atoms with E-state index in [9.17, 15) is 9.90 Å². The predicted octanol–water partition coefficient (Wildman–Crippen LogP) is 1.71. The number of carbonyl (C=O) groups excluding carboxylic acids is 1. The van der Waals surface area contributed by atoms with Gasteiger partial charge >= 0.3 is 0 Å². The minimum atomic E-state index is 0.0458. The Bertz CT molecular complexity index is 638. The average molecular weight is 362 g/mol. The monoisotopic (exact) mass is 362 g/mol. The van der Waals surface area contributed by atoms with Crippen LogP contribution >= 0.6 is 0 Å². The summed E-state index contributed by atoms with van der Waals surface area (Å²) in [6.45, 7) is 5.84. The molecule has 26 heavy (non-hydrogen) atoms. The number of hydrogen-bond acceptors (Lipinski definition) is 4. The molecule has 1 heterocycles. The number of benzene rings is 1. The Labute approximate surface area is 155 Å².